The van der Waals surface area contributed by atoms with Crippen molar-refractivity contribution in [3.05, 3.63) is 0 Å². The zero-order valence-corrected chi connectivity index (χ0v) is 12.5. The largest absolute Gasteiger partial charge is 0.385 e. The highest BCUT2D eigenvalue weighted by molar-refractivity contribution is 5.76. The molecule has 0 aromatic carbocycles. The number of methoxy groups -OCH3 is 2. The van der Waals surface area contributed by atoms with Gasteiger partial charge in [-0.3, -0.25) is 4.79 Å². The SMILES string of the molecule is COCCCN(CCOC)C(=O)CCCCCCN. The molecule has 19 heavy (non-hydrogen) atoms. The summed E-state index contributed by atoms with van der Waals surface area (Å²) >= 11 is 0. The van der Waals surface area contributed by atoms with E-state index in [1.54, 1.807) is 14.2 Å². The molecule has 0 atom stereocenters. The molecule has 0 aromatic rings. The van der Waals surface area contributed by atoms with Crippen LogP contribution in [-0.4, -0.2) is 57.9 Å². The summed E-state index contributed by atoms with van der Waals surface area (Å²) in [5, 5.41) is 0. The molecular weight excluding hydrogens is 244 g/mol. The Hall–Kier alpha value is -0.650. The first-order valence-electron chi connectivity index (χ1n) is 7.22. The van der Waals surface area contributed by atoms with Gasteiger partial charge < -0.3 is 20.1 Å². The van der Waals surface area contributed by atoms with Crippen molar-refractivity contribution >= 4 is 5.91 Å². The minimum Gasteiger partial charge on any atom is -0.385 e. The maximum Gasteiger partial charge on any atom is 0.222 e. The van der Waals surface area contributed by atoms with Gasteiger partial charge in [-0.05, 0) is 25.8 Å². The van der Waals surface area contributed by atoms with E-state index in [1.165, 1.54) is 0 Å². The Balaban J connectivity index is 3.85. The topological polar surface area (TPSA) is 64.8 Å². The molecule has 0 aliphatic rings. The van der Waals surface area contributed by atoms with Crippen LogP contribution < -0.4 is 5.73 Å². The summed E-state index contributed by atoms with van der Waals surface area (Å²) in [4.78, 5) is 14.0. The van der Waals surface area contributed by atoms with Crippen LogP contribution in [0.4, 0.5) is 0 Å². The van der Waals surface area contributed by atoms with E-state index >= 15 is 0 Å². The van der Waals surface area contributed by atoms with Crippen molar-refractivity contribution in [3.8, 4) is 0 Å². The van der Waals surface area contributed by atoms with Gasteiger partial charge in [0.15, 0.2) is 0 Å². The highest BCUT2D eigenvalue weighted by Gasteiger charge is 2.12. The molecule has 5 nitrogen and oxygen atoms in total. The molecule has 0 rings (SSSR count). The average Bonchev–Trinajstić information content (AvgIpc) is 2.42. The molecule has 0 saturated carbocycles. The molecule has 0 radical (unpaired) electrons. The van der Waals surface area contributed by atoms with Crippen LogP contribution >= 0.6 is 0 Å². The van der Waals surface area contributed by atoms with Gasteiger partial charge in [-0.1, -0.05) is 12.8 Å². The lowest BCUT2D eigenvalue weighted by molar-refractivity contribution is -0.132. The summed E-state index contributed by atoms with van der Waals surface area (Å²) < 4.78 is 10.1. The van der Waals surface area contributed by atoms with Gasteiger partial charge in [0.2, 0.25) is 5.91 Å². The summed E-state index contributed by atoms with van der Waals surface area (Å²) in [5.41, 5.74) is 5.44. The third-order valence-corrected chi connectivity index (χ3v) is 3.04. The van der Waals surface area contributed by atoms with Gasteiger partial charge in [0.25, 0.3) is 0 Å². The fourth-order valence-corrected chi connectivity index (χ4v) is 1.89. The lowest BCUT2D eigenvalue weighted by Gasteiger charge is -2.22. The van der Waals surface area contributed by atoms with Gasteiger partial charge in [-0.2, -0.15) is 0 Å². The number of carbonyl (C=O) groups is 1. The number of nitrogens with two attached hydrogens (primary N) is 1. The van der Waals surface area contributed by atoms with Gasteiger partial charge in [-0.25, -0.2) is 0 Å². The predicted molar refractivity (Wildman–Crippen MR) is 77.1 cm³/mol. The van der Waals surface area contributed by atoms with Gasteiger partial charge in [0.05, 0.1) is 6.61 Å². The maximum atomic E-state index is 12.1. The standard InChI is InChI=1S/C14H30N2O3/c1-18-12-7-10-16(11-13-19-2)14(17)8-5-3-4-6-9-15/h3-13,15H2,1-2H3. The minimum atomic E-state index is 0.223. The second-order valence-corrected chi connectivity index (χ2v) is 4.67. The molecule has 0 heterocycles. The molecule has 0 aliphatic carbocycles. The Morgan fingerprint density at radius 1 is 0.947 bits per heavy atom. The molecule has 0 saturated heterocycles. The highest BCUT2D eigenvalue weighted by Crippen LogP contribution is 2.06. The Kier molecular flexibility index (Phi) is 13.3. The van der Waals surface area contributed by atoms with Crippen molar-refractivity contribution < 1.29 is 14.3 Å². The van der Waals surface area contributed by atoms with Crippen LogP contribution in [-0.2, 0) is 14.3 Å². The van der Waals surface area contributed by atoms with E-state index in [2.05, 4.69) is 0 Å². The number of rotatable bonds is 13. The molecule has 5 heteroatoms. The zero-order valence-electron chi connectivity index (χ0n) is 12.5. The van der Waals surface area contributed by atoms with Crippen molar-refractivity contribution in [1.29, 1.82) is 0 Å². The monoisotopic (exact) mass is 274 g/mol. The van der Waals surface area contributed by atoms with Gasteiger partial charge >= 0.3 is 0 Å². The number of hydrogen-bond acceptors (Lipinski definition) is 4. The molecule has 0 fully saturated rings. The van der Waals surface area contributed by atoms with E-state index in [-0.39, 0.29) is 5.91 Å². The fraction of sp³-hybridized carbons (Fsp3) is 0.929. The Labute approximate surface area is 117 Å². The van der Waals surface area contributed by atoms with Crippen LogP contribution in [0.15, 0.2) is 0 Å². The summed E-state index contributed by atoms with van der Waals surface area (Å²) in [6, 6.07) is 0. The Bertz CT molecular complexity index is 213. The number of hydrogen-bond donors (Lipinski definition) is 1. The number of ether oxygens (including phenoxy) is 2. The first kappa shape index (κ1) is 18.4. The first-order chi connectivity index (χ1) is 9.26. The summed E-state index contributed by atoms with van der Waals surface area (Å²) in [6.07, 6.45) is 5.70. The maximum absolute atomic E-state index is 12.1. The van der Waals surface area contributed by atoms with E-state index in [1.807, 2.05) is 4.90 Å². The predicted octanol–water partition coefficient (Wildman–Crippen LogP) is 1.41. The van der Waals surface area contributed by atoms with Crippen molar-refractivity contribution in [2.24, 2.45) is 5.73 Å². The normalized spacial score (nSPS) is 10.7. The van der Waals surface area contributed by atoms with Crippen molar-refractivity contribution in [1.82, 2.24) is 4.90 Å². The molecule has 2 N–H and O–H groups in total. The van der Waals surface area contributed by atoms with Crippen molar-refractivity contribution in [2.45, 2.75) is 38.5 Å². The van der Waals surface area contributed by atoms with E-state index in [0.717, 1.165) is 45.2 Å². The molecular formula is C14H30N2O3. The van der Waals surface area contributed by atoms with Gasteiger partial charge in [-0.15, -0.1) is 0 Å². The lowest BCUT2D eigenvalue weighted by Crippen LogP contribution is -2.35. The highest BCUT2D eigenvalue weighted by atomic mass is 16.5. The van der Waals surface area contributed by atoms with E-state index < -0.39 is 0 Å². The van der Waals surface area contributed by atoms with Crippen LogP contribution in [0.1, 0.15) is 38.5 Å². The zero-order chi connectivity index (χ0) is 14.3. The van der Waals surface area contributed by atoms with Crippen molar-refractivity contribution in [3.63, 3.8) is 0 Å². The summed E-state index contributed by atoms with van der Waals surface area (Å²) in [5.74, 6) is 0.223. The second kappa shape index (κ2) is 13.8. The molecule has 0 unspecified atom stereocenters. The molecule has 0 aliphatic heterocycles. The van der Waals surface area contributed by atoms with Crippen LogP contribution in [0, 0.1) is 0 Å². The third-order valence-electron chi connectivity index (χ3n) is 3.04. The Morgan fingerprint density at radius 2 is 1.63 bits per heavy atom. The molecule has 1 amide bonds. The average molecular weight is 274 g/mol. The summed E-state index contributed by atoms with van der Waals surface area (Å²) in [7, 11) is 3.34. The number of nitrogens with zero attached hydrogens (tertiary/aromatic N) is 1. The first-order valence-corrected chi connectivity index (χ1v) is 7.22. The van der Waals surface area contributed by atoms with Crippen LogP contribution in [0.2, 0.25) is 0 Å². The molecule has 0 aromatic heterocycles. The van der Waals surface area contributed by atoms with E-state index in [4.69, 9.17) is 15.2 Å². The third kappa shape index (κ3) is 10.9. The smallest absolute Gasteiger partial charge is 0.222 e. The van der Waals surface area contributed by atoms with Crippen molar-refractivity contribution in [2.75, 3.05) is 47.1 Å². The minimum absolute atomic E-state index is 0.223. The van der Waals surface area contributed by atoms with Crippen LogP contribution in [0.25, 0.3) is 0 Å². The quantitative estimate of drug-likeness (QED) is 0.516. The fourth-order valence-electron chi connectivity index (χ4n) is 1.89. The summed E-state index contributed by atoms with van der Waals surface area (Å²) in [6.45, 7) is 3.44. The van der Waals surface area contributed by atoms with Crippen LogP contribution in [0.3, 0.4) is 0 Å². The van der Waals surface area contributed by atoms with Gasteiger partial charge in [0, 0.05) is 40.3 Å². The van der Waals surface area contributed by atoms with Gasteiger partial charge in [0.1, 0.15) is 0 Å². The molecule has 0 spiro atoms. The Morgan fingerprint density at radius 3 is 2.26 bits per heavy atom. The van der Waals surface area contributed by atoms with E-state index in [9.17, 15) is 4.79 Å². The number of unbranched alkanes of at least 4 members (excludes halogenated alkanes) is 3. The number of carbonyl (C=O) groups excluding carboxylic acids is 1. The van der Waals surface area contributed by atoms with E-state index in [0.29, 0.717) is 26.2 Å². The second-order valence-electron chi connectivity index (χ2n) is 4.67. The van der Waals surface area contributed by atoms with Crippen LogP contribution in [0.5, 0.6) is 0 Å². The number of amides is 1. The molecule has 0 bridgehead atoms. The molecule has 114 valence electrons. The lowest BCUT2D eigenvalue weighted by atomic mass is 10.1.